The third-order valence-electron chi connectivity index (χ3n) is 6.54. The number of hydrogen-bond acceptors (Lipinski definition) is 5. The number of amides is 2. The molecule has 2 saturated heterocycles. The van der Waals surface area contributed by atoms with Crippen molar-refractivity contribution in [2.24, 2.45) is 0 Å². The summed E-state index contributed by atoms with van der Waals surface area (Å²) in [5.74, 6) is 0.691. The molecule has 2 fully saturated rings. The van der Waals surface area contributed by atoms with E-state index < -0.39 is 0 Å². The number of piperidine rings is 1. The van der Waals surface area contributed by atoms with Crippen molar-refractivity contribution in [2.45, 2.75) is 38.4 Å². The van der Waals surface area contributed by atoms with Crippen molar-refractivity contribution >= 4 is 40.8 Å². The minimum atomic E-state index is -0.207. The quantitative estimate of drug-likeness (QED) is 0.696. The summed E-state index contributed by atoms with van der Waals surface area (Å²) in [6, 6.07) is 9.85. The lowest BCUT2D eigenvalue weighted by Gasteiger charge is -2.46. The van der Waals surface area contributed by atoms with E-state index in [0.717, 1.165) is 38.2 Å². The number of carbonyl (C=O) groups excluding carboxylic acids is 2. The van der Waals surface area contributed by atoms with Gasteiger partial charge in [0.05, 0.1) is 10.6 Å². The highest BCUT2D eigenvalue weighted by Gasteiger charge is 2.35. The van der Waals surface area contributed by atoms with Crippen LogP contribution in [-0.2, 0) is 11.3 Å². The van der Waals surface area contributed by atoms with Gasteiger partial charge in [-0.2, -0.15) is 0 Å². The number of hydrogen-bond donors (Lipinski definition) is 1. The number of carbonyl (C=O) groups is 2. The summed E-state index contributed by atoms with van der Waals surface area (Å²) < 4.78 is 0. The minimum absolute atomic E-state index is 0.199. The molecule has 2 atom stereocenters. The molecular weight excluding hydrogens is 461 g/mol. The van der Waals surface area contributed by atoms with Gasteiger partial charge in [0.1, 0.15) is 5.82 Å². The zero-order valence-corrected chi connectivity index (χ0v) is 20.4. The standard InChI is InChI=1S/C24H29Cl2N5O2/c1-16-14-30(23-21(26)11-18(13-28-23)24(33)27-2)9-10-31(16)20-7-8-29(22(32)12-20)15-17-3-5-19(25)6-4-17/h3-6,11,13,16,20H,7-10,12,14-15H2,1-2H3,(H,27,33)/t16-,20?/m0/s1. The second kappa shape index (κ2) is 10.3. The Labute approximate surface area is 204 Å². The lowest BCUT2D eigenvalue weighted by Crippen LogP contribution is -2.58. The number of benzene rings is 1. The summed E-state index contributed by atoms with van der Waals surface area (Å²) in [6.07, 6.45) is 3.06. The van der Waals surface area contributed by atoms with Crippen molar-refractivity contribution in [1.82, 2.24) is 20.1 Å². The Morgan fingerprint density at radius 3 is 2.58 bits per heavy atom. The maximum atomic E-state index is 12.9. The molecule has 0 spiro atoms. The Bertz CT molecular complexity index is 1020. The predicted octanol–water partition coefficient (Wildman–Crippen LogP) is 3.45. The Morgan fingerprint density at radius 1 is 1.18 bits per heavy atom. The summed E-state index contributed by atoms with van der Waals surface area (Å²) in [5, 5.41) is 3.76. The van der Waals surface area contributed by atoms with E-state index in [9.17, 15) is 9.59 Å². The van der Waals surface area contributed by atoms with Gasteiger partial charge in [0.25, 0.3) is 5.91 Å². The van der Waals surface area contributed by atoms with Crippen molar-refractivity contribution in [3.63, 3.8) is 0 Å². The van der Waals surface area contributed by atoms with Crippen LogP contribution in [0.15, 0.2) is 36.5 Å². The molecule has 0 radical (unpaired) electrons. The maximum Gasteiger partial charge on any atom is 0.252 e. The van der Waals surface area contributed by atoms with Crippen molar-refractivity contribution < 1.29 is 9.59 Å². The normalized spacial score (nSPS) is 21.9. The smallest absolute Gasteiger partial charge is 0.252 e. The van der Waals surface area contributed by atoms with Crippen LogP contribution in [0.2, 0.25) is 10.0 Å². The molecule has 9 heteroatoms. The van der Waals surface area contributed by atoms with Crippen molar-refractivity contribution in [2.75, 3.05) is 38.1 Å². The van der Waals surface area contributed by atoms with Crippen LogP contribution in [-0.4, -0.2) is 71.9 Å². The topological polar surface area (TPSA) is 68.8 Å². The fraction of sp³-hybridized carbons (Fsp3) is 0.458. The summed E-state index contributed by atoms with van der Waals surface area (Å²) in [7, 11) is 1.58. The van der Waals surface area contributed by atoms with Gasteiger partial charge in [-0.05, 0) is 37.1 Å². The van der Waals surface area contributed by atoms with Gasteiger partial charge in [-0.1, -0.05) is 35.3 Å². The number of likely N-dealkylation sites (tertiary alicyclic amines) is 1. The second-order valence-electron chi connectivity index (χ2n) is 8.73. The summed E-state index contributed by atoms with van der Waals surface area (Å²) in [6.45, 7) is 5.95. The van der Waals surface area contributed by atoms with Gasteiger partial charge in [0.2, 0.25) is 5.91 Å². The van der Waals surface area contributed by atoms with Crippen LogP contribution >= 0.6 is 23.2 Å². The molecule has 2 aromatic rings. The summed E-state index contributed by atoms with van der Waals surface area (Å²) in [4.78, 5) is 35.7. The fourth-order valence-electron chi connectivity index (χ4n) is 4.76. The average Bonchev–Trinajstić information content (AvgIpc) is 2.81. The van der Waals surface area contributed by atoms with E-state index in [2.05, 4.69) is 27.0 Å². The highest BCUT2D eigenvalue weighted by atomic mass is 35.5. The molecule has 176 valence electrons. The van der Waals surface area contributed by atoms with Crippen molar-refractivity contribution in [3.05, 3.63) is 57.7 Å². The monoisotopic (exact) mass is 489 g/mol. The van der Waals surface area contributed by atoms with Crippen LogP contribution in [0.5, 0.6) is 0 Å². The van der Waals surface area contributed by atoms with Gasteiger partial charge < -0.3 is 15.1 Å². The van der Waals surface area contributed by atoms with E-state index in [1.165, 1.54) is 0 Å². The predicted molar refractivity (Wildman–Crippen MR) is 131 cm³/mol. The highest BCUT2D eigenvalue weighted by molar-refractivity contribution is 6.33. The molecule has 33 heavy (non-hydrogen) atoms. The van der Waals surface area contributed by atoms with Crippen LogP contribution in [0.3, 0.4) is 0 Å². The van der Waals surface area contributed by atoms with E-state index in [0.29, 0.717) is 34.4 Å². The lowest BCUT2D eigenvalue weighted by atomic mass is 9.98. The van der Waals surface area contributed by atoms with Gasteiger partial charge in [-0.25, -0.2) is 4.98 Å². The minimum Gasteiger partial charge on any atom is -0.355 e. The molecule has 4 rings (SSSR count). The van der Waals surface area contributed by atoms with E-state index >= 15 is 0 Å². The Kier molecular flexibility index (Phi) is 7.41. The molecule has 1 aromatic carbocycles. The molecule has 2 aliphatic rings. The van der Waals surface area contributed by atoms with Gasteiger partial charge >= 0.3 is 0 Å². The largest absolute Gasteiger partial charge is 0.355 e. The van der Waals surface area contributed by atoms with Gasteiger partial charge in [-0.15, -0.1) is 0 Å². The number of halogens is 2. The maximum absolute atomic E-state index is 12.9. The fourth-order valence-corrected chi connectivity index (χ4v) is 5.17. The number of nitrogens with one attached hydrogen (secondary N) is 1. The third-order valence-corrected chi connectivity index (χ3v) is 7.07. The molecule has 1 N–H and O–H groups in total. The van der Waals surface area contributed by atoms with Crippen LogP contribution in [0.4, 0.5) is 5.82 Å². The van der Waals surface area contributed by atoms with Crippen LogP contribution in [0.25, 0.3) is 0 Å². The number of aromatic nitrogens is 1. The number of anilines is 1. The molecule has 0 saturated carbocycles. The van der Waals surface area contributed by atoms with Gasteiger partial charge in [0, 0.05) is 69.5 Å². The van der Waals surface area contributed by atoms with E-state index in [1.54, 1.807) is 19.3 Å². The lowest BCUT2D eigenvalue weighted by molar-refractivity contribution is -0.136. The third kappa shape index (κ3) is 5.42. The molecule has 2 aliphatic heterocycles. The van der Waals surface area contributed by atoms with E-state index in [4.69, 9.17) is 23.2 Å². The molecule has 1 unspecified atom stereocenters. The number of nitrogens with zero attached hydrogens (tertiary/aromatic N) is 4. The first-order valence-corrected chi connectivity index (χ1v) is 12.0. The Balaban J connectivity index is 1.34. The van der Waals surface area contributed by atoms with Gasteiger partial charge in [-0.3, -0.25) is 14.5 Å². The highest BCUT2D eigenvalue weighted by Crippen LogP contribution is 2.29. The molecular formula is C24H29Cl2N5O2. The summed E-state index contributed by atoms with van der Waals surface area (Å²) >= 11 is 12.4. The van der Waals surface area contributed by atoms with Crippen LogP contribution in [0.1, 0.15) is 35.7 Å². The van der Waals surface area contributed by atoms with E-state index in [-0.39, 0.29) is 23.9 Å². The van der Waals surface area contributed by atoms with E-state index in [1.807, 2.05) is 29.2 Å². The zero-order valence-electron chi connectivity index (χ0n) is 18.9. The number of rotatable bonds is 5. The molecule has 1 aromatic heterocycles. The Hall–Kier alpha value is -2.35. The van der Waals surface area contributed by atoms with Gasteiger partial charge in [0.15, 0.2) is 0 Å². The molecule has 2 amide bonds. The second-order valence-corrected chi connectivity index (χ2v) is 9.57. The first-order chi connectivity index (χ1) is 15.9. The zero-order chi connectivity index (χ0) is 23.5. The molecule has 0 bridgehead atoms. The number of piperazine rings is 1. The first kappa shape index (κ1) is 23.8. The van der Waals surface area contributed by atoms with Crippen LogP contribution < -0.4 is 10.2 Å². The molecule has 0 aliphatic carbocycles. The SMILES string of the molecule is CNC(=O)c1cnc(N2CCN(C3CCN(Cc4ccc(Cl)cc4)C(=O)C3)[C@@H](C)C2)c(Cl)c1. The van der Waals surface area contributed by atoms with Crippen LogP contribution in [0, 0.1) is 0 Å². The average molecular weight is 490 g/mol. The summed E-state index contributed by atoms with van der Waals surface area (Å²) in [5.41, 5.74) is 1.54. The molecule has 7 nitrogen and oxygen atoms in total. The van der Waals surface area contributed by atoms with Crippen molar-refractivity contribution in [1.29, 1.82) is 0 Å². The van der Waals surface area contributed by atoms with Crippen molar-refractivity contribution in [3.8, 4) is 0 Å². The first-order valence-electron chi connectivity index (χ1n) is 11.3. The number of pyridine rings is 1. The Morgan fingerprint density at radius 2 is 1.94 bits per heavy atom. The molecule has 3 heterocycles.